The van der Waals surface area contributed by atoms with E-state index in [1.54, 1.807) is 6.07 Å². The Hall–Kier alpha value is -0.730. The van der Waals surface area contributed by atoms with E-state index >= 15 is 0 Å². The van der Waals surface area contributed by atoms with Crippen molar-refractivity contribution in [2.45, 2.75) is 46.5 Å². The number of halogens is 2. The minimum atomic E-state index is 0.152. The number of amides is 1. The number of hydrogen-bond donors (Lipinski definition) is 1. The fourth-order valence-electron chi connectivity index (χ4n) is 3.68. The Bertz CT molecular complexity index is 544. The SMILES string of the molecule is CC(C)[C@@H]1CC[C@@H](C)C[C@H]1C(=O)NCCc1ccc(Cl)cc1Cl. The Morgan fingerprint density at radius 3 is 2.70 bits per heavy atom. The average Bonchev–Trinajstić information content (AvgIpc) is 2.48. The second-order valence-corrected chi connectivity index (χ2v) is 8.05. The lowest BCUT2D eigenvalue weighted by molar-refractivity contribution is -0.129. The molecule has 0 bridgehead atoms. The van der Waals surface area contributed by atoms with Crippen LogP contribution in [0.25, 0.3) is 0 Å². The van der Waals surface area contributed by atoms with Gasteiger partial charge >= 0.3 is 0 Å². The molecule has 23 heavy (non-hydrogen) atoms. The van der Waals surface area contributed by atoms with Crippen LogP contribution in [0.2, 0.25) is 10.0 Å². The molecule has 0 radical (unpaired) electrons. The van der Waals surface area contributed by atoms with Gasteiger partial charge in [-0.3, -0.25) is 4.79 Å². The first-order valence-corrected chi connectivity index (χ1v) is 9.35. The Kier molecular flexibility index (Phi) is 6.79. The lowest BCUT2D eigenvalue weighted by Crippen LogP contribution is -2.40. The third-order valence-corrected chi connectivity index (χ3v) is 5.65. The lowest BCUT2D eigenvalue weighted by atomic mass is 9.70. The van der Waals surface area contributed by atoms with Crippen LogP contribution in [0.1, 0.15) is 45.6 Å². The van der Waals surface area contributed by atoms with Gasteiger partial charge in [0.2, 0.25) is 5.91 Å². The quantitative estimate of drug-likeness (QED) is 0.756. The van der Waals surface area contributed by atoms with Gasteiger partial charge in [-0.25, -0.2) is 0 Å². The molecule has 3 atom stereocenters. The van der Waals surface area contributed by atoms with Gasteiger partial charge < -0.3 is 5.32 Å². The molecule has 1 saturated carbocycles. The zero-order valence-electron chi connectivity index (χ0n) is 14.2. The molecule has 4 heteroatoms. The predicted octanol–water partition coefficient (Wildman–Crippen LogP) is 5.36. The second kappa shape index (κ2) is 8.39. The maximum absolute atomic E-state index is 12.6. The first-order valence-electron chi connectivity index (χ1n) is 8.60. The van der Waals surface area contributed by atoms with Crippen LogP contribution in [0, 0.1) is 23.7 Å². The zero-order chi connectivity index (χ0) is 17.0. The number of carbonyl (C=O) groups is 1. The van der Waals surface area contributed by atoms with Crippen molar-refractivity contribution in [3.8, 4) is 0 Å². The van der Waals surface area contributed by atoms with Crippen molar-refractivity contribution in [2.75, 3.05) is 6.54 Å². The molecule has 1 aliphatic rings. The van der Waals surface area contributed by atoms with E-state index in [9.17, 15) is 4.79 Å². The van der Waals surface area contributed by atoms with E-state index in [2.05, 4.69) is 26.1 Å². The molecule has 2 nitrogen and oxygen atoms in total. The van der Waals surface area contributed by atoms with Gasteiger partial charge in [0, 0.05) is 22.5 Å². The molecule has 0 saturated heterocycles. The summed E-state index contributed by atoms with van der Waals surface area (Å²) < 4.78 is 0. The summed E-state index contributed by atoms with van der Waals surface area (Å²) in [6, 6.07) is 5.51. The van der Waals surface area contributed by atoms with Gasteiger partial charge in [-0.1, -0.05) is 56.5 Å². The van der Waals surface area contributed by atoms with Crippen molar-refractivity contribution in [1.82, 2.24) is 5.32 Å². The highest BCUT2D eigenvalue weighted by molar-refractivity contribution is 6.35. The minimum Gasteiger partial charge on any atom is -0.356 e. The summed E-state index contributed by atoms with van der Waals surface area (Å²) in [4.78, 5) is 12.6. The number of carbonyl (C=O) groups excluding carboxylic acids is 1. The van der Waals surface area contributed by atoms with E-state index < -0.39 is 0 Å². The highest BCUT2D eigenvalue weighted by atomic mass is 35.5. The van der Waals surface area contributed by atoms with Crippen LogP contribution in [-0.2, 0) is 11.2 Å². The fraction of sp³-hybridized carbons (Fsp3) is 0.632. The van der Waals surface area contributed by atoms with E-state index in [-0.39, 0.29) is 11.8 Å². The summed E-state index contributed by atoms with van der Waals surface area (Å²) >= 11 is 12.1. The van der Waals surface area contributed by atoms with Crippen molar-refractivity contribution in [3.63, 3.8) is 0 Å². The summed E-state index contributed by atoms with van der Waals surface area (Å²) in [6.45, 7) is 7.34. The van der Waals surface area contributed by atoms with Crippen LogP contribution in [0.15, 0.2) is 18.2 Å². The van der Waals surface area contributed by atoms with Crippen molar-refractivity contribution < 1.29 is 4.79 Å². The number of benzene rings is 1. The van der Waals surface area contributed by atoms with Crippen molar-refractivity contribution in [1.29, 1.82) is 0 Å². The van der Waals surface area contributed by atoms with Crippen LogP contribution in [0.5, 0.6) is 0 Å². The van der Waals surface area contributed by atoms with Gasteiger partial charge in [-0.05, 0) is 54.7 Å². The molecule has 0 heterocycles. The first-order chi connectivity index (χ1) is 10.9. The Labute approximate surface area is 149 Å². The third kappa shape index (κ3) is 5.12. The highest BCUT2D eigenvalue weighted by Crippen LogP contribution is 2.38. The minimum absolute atomic E-state index is 0.152. The molecule has 0 aliphatic heterocycles. The first kappa shape index (κ1) is 18.6. The van der Waals surface area contributed by atoms with E-state index in [0.717, 1.165) is 18.4 Å². The summed E-state index contributed by atoms with van der Waals surface area (Å²) in [6.07, 6.45) is 4.15. The van der Waals surface area contributed by atoms with Gasteiger partial charge in [-0.2, -0.15) is 0 Å². The van der Waals surface area contributed by atoms with Gasteiger partial charge in [0.1, 0.15) is 0 Å². The Morgan fingerprint density at radius 2 is 2.04 bits per heavy atom. The molecule has 0 aromatic heterocycles. The largest absolute Gasteiger partial charge is 0.356 e. The molecule has 1 fully saturated rings. The number of rotatable bonds is 5. The van der Waals surface area contributed by atoms with Crippen LogP contribution in [0.4, 0.5) is 0 Å². The van der Waals surface area contributed by atoms with Crippen molar-refractivity contribution in [3.05, 3.63) is 33.8 Å². The third-order valence-electron chi connectivity index (χ3n) is 5.07. The van der Waals surface area contributed by atoms with Gasteiger partial charge in [-0.15, -0.1) is 0 Å². The van der Waals surface area contributed by atoms with Crippen LogP contribution >= 0.6 is 23.2 Å². The summed E-state index contributed by atoms with van der Waals surface area (Å²) in [5.74, 6) is 2.07. The predicted molar refractivity (Wildman–Crippen MR) is 98.0 cm³/mol. The Morgan fingerprint density at radius 1 is 1.30 bits per heavy atom. The van der Waals surface area contributed by atoms with E-state index in [0.29, 0.717) is 34.3 Å². The normalized spacial score (nSPS) is 24.7. The van der Waals surface area contributed by atoms with Gasteiger partial charge in [0.05, 0.1) is 0 Å². The van der Waals surface area contributed by atoms with Crippen LogP contribution < -0.4 is 5.32 Å². The maximum Gasteiger partial charge on any atom is 0.223 e. The molecule has 0 unspecified atom stereocenters. The standard InChI is InChI=1S/C19H27Cl2NO/c1-12(2)16-7-4-13(3)10-17(16)19(23)22-9-8-14-5-6-15(20)11-18(14)21/h5-6,11-13,16-17H,4,7-10H2,1-3H3,(H,22,23)/t13-,16+,17-/m1/s1. The van der Waals surface area contributed by atoms with Crippen molar-refractivity contribution >= 4 is 29.1 Å². The molecule has 0 spiro atoms. The zero-order valence-corrected chi connectivity index (χ0v) is 15.8. The van der Waals surface area contributed by atoms with Gasteiger partial charge in [0.15, 0.2) is 0 Å². The highest BCUT2D eigenvalue weighted by Gasteiger charge is 2.35. The molecule has 1 amide bonds. The smallest absolute Gasteiger partial charge is 0.223 e. The summed E-state index contributed by atoms with van der Waals surface area (Å²) in [5.41, 5.74) is 1.02. The maximum atomic E-state index is 12.6. The molecular weight excluding hydrogens is 329 g/mol. The molecular formula is C19H27Cl2NO. The van der Waals surface area contributed by atoms with Crippen LogP contribution in [-0.4, -0.2) is 12.5 Å². The van der Waals surface area contributed by atoms with E-state index in [4.69, 9.17) is 23.2 Å². The molecule has 1 N–H and O–H groups in total. The van der Waals surface area contributed by atoms with E-state index in [1.807, 2.05) is 12.1 Å². The monoisotopic (exact) mass is 355 g/mol. The van der Waals surface area contributed by atoms with Gasteiger partial charge in [0.25, 0.3) is 0 Å². The average molecular weight is 356 g/mol. The Balaban J connectivity index is 1.90. The number of hydrogen-bond acceptors (Lipinski definition) is 1. The van der Waals surface area contributed by atoms with E-state index in [1.165, 1.54) is 12.8 Å². The summed E-state index contributed by atoms with van der Waals surface area (Å²) in [7, 11) is 0. The molecule has 1 aliphatic carbocycles. The molecule has 128 valence electrons. The second-order valence-electron chi connectivity index (χ2n) is 7.21. The van der Waals surface area contributed by atoms with Crippen LogP contribution in [0.3, 0.4) is 0 Å². The molecule has 1 aromatic rings. The lowest BCUT2D eigenvalue weighted by Gasteiger charge is -2.36. The number of nitrogens with one attached hydrogen (secondary N) is 1. The molecule has 2 rings (SSSR count). The molecule has 1 aromatic carbocycles. The van der Waals surface area contributed by atoms with Crippen molar-refractivity contribution in [2.24, 2.45) is 23.7 Å². The topological polar surface area (TPSA) is 29.1 Å². The summed E-state index contributed by atoms with van der Waals surface area (Å²) in [5, 5.41) is 4.42. The fourth-order valence-corrected chi connectivity index (χ4v) is 4.18.